The minimum absolute atomic E-state index is 0.0746. The van der Waals surface area contributed by atoms with E-state index in [0.29, 0.717) is 18.2 Å². The van der Waals surface area contributed by atoms with Crippen LogP contribution in [0, 0.1) is 5.92 Å². The molecule has 2 atom stereocenters. The molecule has 19 heavy (non-hydrogen) atoms. The molecule has 4 heteroatoms. The van der Waals surface area contributed by atoms with Gasteiger partial charge in [-0.05, 0) is 39.1 Å². The lowest BCUT2D eigenvalue weighted by Crippen LogP contribution is -2.40. The highest BCUT2D eigenvalue weighted by Crippen LogP contribution is 2.10. The van der Waals surface area contributed by atoms with Crippen molar-refractivity contribution in [1.29, 1.82) is 0 Å². The molecule has 0 aliphatic rings. The molecule has 0 fully saturated rings. The molecule has 0 aliphatic carbocycles. The maximum atomic E-state index is 11.9. The van der Waals surface area contributed by atoms with E-state index in [1.54, 1.807) is 6.92 Å². The van der Waals surface area contributed by atoms with Crippen molar-refractivity contribution < 1.29 is 9.53 Å². The Bertz CT molecular complexity index is 379. The van der Waals surface area contributed by atoms with Gasteiger partial charge in [-0.15, -0.1) is 0 Å². The molecule has 1 aromatic rings. The van der Waals surface area contributed by atoms with Crippen molar-refractivity contribution in [2.24, 2.45) is 5.92 Å². The van der Waals surface area contributed by atoms with E-state index >= 15 is 0 Å². The van der Waals surface area contributed by atoms with Crippen LogP contribution < -0.4 is 10.1 Å². The standard InChI is InChI=1S/C15H24N2O2/c1-12(11-17(3)4)10-16-15(18)13(2)19-14-8-6-5-7-9-14/h5-9,12-13H,10-11H2,1-4H3,(H,16,18)/t12-,13+/m1/s1. The first kappa shape index (κ1) is 15.5. The van der Waals surface area contributed by atoms with Gasteiger partial charge in [0.2, 0.25) is 0 Å². The summed E-state index contributed by atoms with van der Waals surface area (Å²) in [7, 11) is 4.05. The summed E-state index contributed by atoms with van der Waals surface area (Å²) < 4.78 is 5.57. The molecular formula is C15H24N2O2. The fourth-order valence-corrected chi connectivity index (χ4v) is 1.86. The van der Waals surface area contributed by atoms with Crippen molar-refractivity contribution in [1.82, 2.24) is 10.2 Å². The van der Waals surface area contributed by atoms with Crippen molar-refractivity contribution in [2.45, 2.75) is 20.0 Å². The second-order valence-electron chi connectivity index (χ2n) is 5.19. The summed E-state index contributed by atoms with van der Waals surface area (Å²) in [6.07, 6.45) is -0.478. The smallest absolute Gasteiger partial charge is 0.260 e. The van der Waals surface area contributed by atoms with Gasteiger partial charge in [-0.2, -0.15) is 0 Å². The number of para-hydroxylation sites is 1. The lowest BCUT2D eigenvalue weighted by molar-refractivity contribution is -0.127. The summed E-state index contributed by atoms with van der Waals surface area (Å²) in [5, 5.41) is 2.92. The molecular weight excluding hydrogens is 240 g/mol. The Kier molecular flexibility index (Phi) is 6.36. The lowest BCUT2D eigenvalue weighted by atomic mass is 10.1. The van der Waals surface area contributed by atoms with Gasteiger partial charge in [0.05, 0.1) is 0 Å². The molecule has 1 amide bonds. The van der Waals surface area contributed by atoms with E-state index in [-0.39, 0.29) is 5.91 Å². The SMILES string of the molecule is C[C@H](CNC(=O)[C@H](C)Oc1ccccc1)CN(C)C. The van der Waals surface area contributed by atoms with Gasteiger partial charge in [0.25, 0.3) is 5.91 Å². The van der Waals surface area contributed by atoms with Crippen molar-refractivity contribution in [3.63, 3.8) is 0 Å². The fraction of sp³-hybridized carbons (Fsp3) is 0.533. The number of amides is 1. The number of hydrogen-bond acceptors (Lipinski definition) is 3. The van der Waals surface area contributed by atoms with Crippen LogP contribution in [0.3, 0.4) is 0 Å². The maximum Gasteiger partial charge on any atom is 0.260 e. The molecule has 0 aliphatic heterocycles. The van der Waals surface area contributed by atoms with Gasteiger partial charge in [0, 0.05) is 13.1 Å². The highest BCUT2D eigenvalue weighted by Gasteiger charge is 2.15. The molecule has 0 radical (unpaired) electrons. The molecule has 4 nitrogen and oxygen atoms in total. The van der Waals surface area contributed by atoms with Gasteiger partial charge in [0.1, 0.15) is 5.75 Å². The number of hydrogen-bond donors (Lipinski definition) is 1. The molecule has 0 spiro atoms. The largest absolute Gasteiger partial charge is 0.481 e. The lowest BCUT2D eigenvalue weighted by Gasteiger charge is -2.19. The van der Waals surface area contributed by atoms with E-state index in [1.807, 2.05) is 44.4 Å². The average Bonchev–Trinajstić information content (AvgIpc) is 2.36. The first-order valence-corrected chi connectivity index (χ1v) is 6.63. The van der Waals surface area contributed by atoms with E-state index in [2.05, 4.69) is 17.1 Å². The van der Waals surface area contributed by atoms with E-state index in [1.165, 1.54) is 0 Å². The summed E-state index contributed by atoms with van der Waals surface area (Å²) in [6.45, 7) is 5.50. The number of ether oxygens (including phenoxy) is 1. The van der Waals surface area contributed by atoms with E-state index in [0.717, 1.165) is 6.54 Å². The van der Waals surface area contributed by atoms with E-state index in [9.17, 15) is 4.79 Å². The van der Waals surface area contributed by atoms with Crippen molar-refractivity contribution in [2.75, 3.05) is 27.2 Å². The quantitative estimate of drug-likeness (QED) is 0.816. The Morgan fingerprint density at radius 2 is 1.89 bits per heavy atom. The average molecular weight is 264 g/mol. The Morgan fingerprint density at radius 1 is 1.26 bits per heavy atom. The number of carbonyl (C=O) groups is 1. The second kappa shape index (κ2) is 7.79. The van der Waals surface area contributed by atoms with Gasteiger partial charge < -0.3 is 15.0 Å². The summed E-state index contributed by atoms with van der Waals surface area (Å²) in [6, 6.07) is 9.38. The number of nitrogens with zero attached hydrogens (tertiary/aromatic N) is 1. The molecule has 0 bridgehead atoms. The van der Waals surface area contributed by atoms with Gasteiger partial charge in [-0.1, -0.05) is 25.1 Å². The van der Waals surface area contributed by atoms with Crippen LogP contribution in [0.1, 0.15) is 13.8 Å². The zero-order valence-electron chi connectivity index (χ0n) is 12.2. The molecule has 106 valence electrons. The highest BCUT2D eigenvalue weighted by molar-refractivity contribution is 5.80. The predicted octanol–water partition coefficient (Wildman–Crippen LogP) is 1.77. The van der Waals surface area contributed by atoms with Crippen LogP contribution in [0.4, 0.5) is 0 Å². The van der Waals surface area contributed by atoms with Gasteiger partial charge in [0.15, 0.2) is 6.10 Å². The first-order chi connectivity index (χ1) is 8.99. The van der Waals surface area contributed by atoms with E-state index < -0.39 is 6.10 Å². The predicted molar refractivity (Wildman–Crippen MR) is 77.3 cm³/mol. The zero-order valence-corrected chi connectivity index (χ0v) is 12.2. The molecule has 1 rings (SSSR count). The highest BCUT2D eigenvalue weighted by atomic mass is 16.5. The number of nitrogens with one attached hydrogen (secondary N) is 1. The zero-order chi connectivity index (χ0) is 14.3. The van der Waals surface area contributed by atoms with Gasteiger partial charge >= 0.3 is 0 Å². The summed E-state index contributed by atoms with van der Waals surface area (Å²) in [5.74, 6) is 1.06. The minimum atomic E-state index is -0.478. The molecule has 1 N–H and O–H groups in total. The van der Waals surface area contributed by atoms with Crippen LogP contribution in [0.15, 0.2) is 30.3 Å². The van der Waals surface area contributed by atoms with Crippen molar-refractivity contribution in [3.8, 4) is 5.75 Å². The molecule has 0 saturated heterocycles. The summed E-state index contributed by atoms with van der Waals surface area (Å²) in [4.78, 5) is 14.0. The summed E-state index contributed by atoms with van der Waals surface area (Å²) in [5.41, 5.74) is 0. The van der Waals surface area contributed by atoms with Crippen LogP contribution in [0.25, 0.3) is 0 Å². The Morgan fingerprint density at radius 3 is 2.47 bits per heavy atom. The third-order valence-electron chi connectivity index (χ3n) is 2.73. The van der Waals surface area contributed by atoms with Crippen molar-refractivity contribution >= 4 is 5.91 Å². The Labute approximate surface area is 115 Å². The molecule has 0 unspecified atom stereocenters. The maximum absolute atomic E-state index is 11.9. The van der Waals surface area contributed by atoms with Crippen LogP contribution >= 0.6 is 0 Å². The van der Waals surface area contributed by atoms with Crippen LogP contribution in [0.2, 0.25) is 0 Å². The first-order valence-electron chi connectivity index (χ1n) is 6.63. The topological polar surface area (TPSA) is 41.6 Å². The van der Waals surface area contributed by atoms with Crippen LogP contribution in [-0.2, 0) is 4.79 Å². The number of benzene rings is 1. The number of carbonyl (C=O) groups excluding carboxylic acids is 1. The van der Waals surface area contributed by atoms with Crippen molar-refractivity contribution in [3.05, 3.63) is 30.3 Å². The van der Waals surface area contributed by atoms with Gasteiger partial charge in [-0.25, -0.2) is 0 Å². The van der Waals surface area contributed by atoms with E-state index in [4.69, 9.17) is 4.74 Å². The normalized spacial score (nSPS) is 13.9. The fourth-order valence-electron chi connectivity index (χ4n) is 1.86. The van der Waals surface area contributed by atoms with Crippen LogP contribution in [0.5, 0.6) is 5.75 Å². The summed E-state index contributed by atoms with van der Waals surface area (Å²) >= 11 is 0. The third kappa shape index (κ3) is 6.25. The molecule has 0 saturated carbocycles. The molecule has 1 aromatic carbocycles. The second-order valence-corrected chi connectivity index (χ2v) is 5.19. The Balaban J connectivity index is 2.33. The minimum Gasteiger partial charge on any atom is -0.481 e. The van der Waals surface area contributed by atoms with Gasteiger partial charge in [-0.3, -0.25) is 4.79 Å². The third-order valence-corrected chi connectivity index (χ3v) is 2.73. The van der Waals surface area contributed by atoms with Crippen LogP contribution in [-0.4, -0.2) is 44.1 Å². The number of rotatable bonds is 7. The molecule has 0 aromatic heterocycles. The Hall–Kier alpha value is -1.55. The monoisotopic (exact) mass is 264 g/mol. The molecule has 0 heterocycles.